The van der Waals surface area contributed by atoms with E-state index in [-0.39, 0.29) is 17.9 Å². The van der Waals surface area contributed by atoms with E-state index in [0.717, 1.165) is 32.4 Å². The standard InChI is InChI=1S/C20H26N2O3/c1-13-4-3-5-15(8-13)20-6-7-22(12-16(20)11-20)18(23)14-9-17(10-14)21-19(24)25-2/h3-5,8,14,16-17H,6-7,9-12H2,1-2H3,(H,21,24). The molecule has 1 aromatic rings. The van der Waals surface area contributed by atoms with E-state index < -0.39 is 6.09 Å². The zero-order chi connectivity index (χ0) is 17.6. The molecular formula is C20H26N2O3. The molecule has 134 valence electrons. The summed E-state index contributed by atoms with van der Waals surface area (Å²) >= 11 is 0. The minimum Gasteiger partial charge on any atom is -0.453 e. The van der Waals surface area contributed by atoms with E-state index in [1.807, 2.05) is 0 Å². The Hall–Kier alpha value is -2.04. The van der Waals surface area contributed by atoms with Gasteiger partial charge in [-0.05, 0) is 44.1 Å². The first kappa shape index (κ1) is 16.4. The molecule has 0 bridgehead atoms. The molecule has 0 spiro atoms. The summed E-state index contributed by atoms with van der Waals surface area (Å²) in [6.45, 7) is 3.89. The summed E-state index contributed by atoms with van der Waals surface area (Å²) in [6.07, 6.45) is 3.34. The average Bonchev–Trinajstić information content (AvgIpc) is 3.32. The van der Waals surface area contributed by atoms with Crippen molar-refractivity contribution in [3.63, 3.8) is 0 Å². The zero-order valence-corrected chi connectivity index (χ0v) is 15.0. The molecule has 1 saturated heterocycles. The number of carbonyl (C=O) groups excluding carboxylic acids is 2. The second kappa shape index (κ2) is 6.04. The molecule has 3 fully saturated rings. The van der Waals surface area contributed by atoms with Crippen LogP contribution in [-0.2, 0) is 14.9 Å². The van der Waals surface area contributed by atoms with Crippen LogP contribution in [0.5, 0.6) is 0 Å². The second-order valence-corrected chi connectivity index (χ2v) is 7.96. The molecule has 2 unspecified atom stereocenters. The lowest BCUT2D eigenvalue weighted by Gasteiger charge is -2.40. The van der Waals surface area contributed by atoms with Crippen LogP contribution in [-0.4, -0.2) is 43.1 Å². The molecule has 5 heteroatoms. The van der Waals surface area contributed by atoms with Gasteiger partial charge in [-0.15, -0.1) is 0 Å². The molecule has 2 saturated carbocycles. The number of nitrogens with zero attached hydrogens (tertiary/aromatic N) is 1. The number of ether oxygens (including phenoxy) is 1. The van der Waals surface area contributed by atoms with Gasteiger partial charge in [0.15, 0.2) is 0 Å². The minimum atomic E-state index is -0.408. The van der Waals surface area contributed by atoms with Crippen molar-refractivity contribution in [2.75, 3.05) is 20.2 Å². The van der Waals surface area contributed by atoms with Crippen molar-refractivity contribution in [3.8, 4) is 0 Å². The number of benzene rings is 1. The number of fused-ring (bicyclic) bond motifs is 1. The Morgan fingerprint density at radius 3 is 2.80 bits per heavy atom. The van der Waals surface area contributed by atoms with Gasteiger partial charge in [-0.25, -0.2) is 4.79 Å². The minimum absolute atomic E-state index is 0.0624. The van der Waals surface area contributed by atoms with Gasteiger partial charge in [-0.3, -0.25) is 4.79 Å². The van der Waals surface area contributed by atoms with Gasteiger partial charge in [0.25, 0.3) is 0 Å². The fourth-order valence-electron chi connectivity index (χ4n) is 4.69. The monoisotopic (exact) mass is 342 g/mol. The number of alkyl carbamates (subject to hydrolysis) is 1. The van der Waals surface area contributed by atoms with Crippen molar-refractivity contribution in [1.29, 1.82) is 0 Å². The predicted molar refractivity (Wildman–Crippen MR) is 94.2 cm³/mol. The van der Waals surface area contributed by atoms with Crippen LogP contribution in [0.25, 0.3) is 0 Å². The Labute approximate surface area is 148 Å². The van der Waals surface area contributed by atoms with Crippen LogP contribution in [0.4, 0.5) is 4.79 Å². The molecule has 25 heavy (non-hydrogen) atoms. The Morgan fingerprint density at radius 2 is 2.12 bits per heavy atom. The fraction of sp³-hybridized carbons (Fsp3) is 0.600. The van der Waals surface area contributed by atoms with Crippen LogP contribution in [0.15, 0.2) is 24.3 Å². The molecule has 4 rings (SSSR count). The normalized spacial score (nSPS) is 33.0. The highest BCUT2D eigenvalue weighted by Crippen LogP contribution is 2.59. The maximum Gasteiger partial charge on any atom is 0.407 e. The topological polar surface area (TPSA) is 58.6 Å². The smallest absolute Gasteiger partial charge is 0.407 e. The Kier molecular flexibility index (Phi) is 3.97. The quantitative estimate of drug-likeness (QED) is 0.919. The van der Waals surface area contributed by atoms with Crippen LogP contribution in [0.2, 0.25) is 0 Å². The van der Waals surface area contributed by atoms with Crippen molar-refractivity contribution in [2.45, 2.75) is 44.1 Å². The molecular weight excluding hydrogens is 316 g/mol. The Morgan fingerprint density at radius 1 is 1.32 bits per heavy atom. The van der Waals surface area contributed by atoms with E-state index in [2.05, 4.69) is 46.1 Å². The molecule has 2 atom stereocenters. The zero-order valence-electron chi connectivity index (χ0n) is 15.0. The van der Waals surface area contributed by atoms with Gasteiger partial charge < -0.3 is 15.0 Å². The van der Waals surface area contributed by atoms with Gasteiger partial charge in [-0.2, -0.15) is 0 Å². The van der Waals surface area contributed by atoms with Crippen LogP contribution < -0.4 is 5.32 Å². The Balaban J connectivity index is 1.31. The van der Waals surface area contributed by atoms with E-state index in [0.29, 0.717) is 11.3 Å². The van der Waals surface area contributed by atoms with Crippen LogP contribution in [0, 0.1) is 18.8 Å². The molecule has 2 aliphatic carbocycles. The third kappa shape index (κ3) is 2.90. The molecule has 1 N–H and O–H groups in total. The van der Waals surface area contributed by atoms with Crippen molar-refractivity contribution < 1.29 is 14.3 Å². The summed E-state index contributed by atoms with van der Waals surface area (Å²) in [4.78, 5) is 26.0. The van der Waals surface area contributed by atoms with Crippen molar-refractivity contribution in [3.05, 3.63) is 35.4 Å². The Bertz CT molecular complexity index is 698. The number of methoxy groups -OCH3 is 1. The van der Waals surface area contributed by atoms with Crippen molar-refractivity contribution in [2.24, 2.45) is 11.8 Å². The van der Waals surface area contributed by atoms with Gasteiger partial charge >= 0.3 is 6.09 Å². The van der Waals surface area contributed by atoms with Gasteiger partial charge in [0.2, 0.25) is 5.91 Å². The average molecular weight is 342 g/mol. The number of carbonyl (C=O) groups is 2. The van der Waals surface area contributed by atoms with Crippen LogP contribution in [0.3, 0.4) is 0 Å². The second-order valence-electron chi connectivity index (χ2n) is 7.96. The number of hydrogen-bond acceptors (Lipinski definition) is 3. The highest BCUT2D eigenvalue weighted by Gasteiger charge is 2.58. The number of nitrogens with one attached hydrogen (secondary N) is 1. The summed E-state index contributed by atoms with van der Waals surface area (Å²) in [5.74, 6) is 0.941. The van der Waals surface area contributed by atoms with E-state index >= 15 is 0 Å². The fourth-order valence-corrected chi connectivity index (χ4v) is 4.69. The first-order valence-electron chi connectivity index (χ1n) is 9.22. The first-order valence-corrected chi connectivity index (χ1v) is 9.22. The molecule has 1 aliphatic heterocycles. The third-order valence-corrected chi connectivity index (χ3v) is 6.40. The van der Waals surface area contributed by atoms with E-state index in [1.165, 1.54) is 24.7 Å². The van der Waals surface area contributed by atoms with Crippen LogP contribution >= 0.6 is 0 Å². The number of aryl methyl sites for hydroxylation is 1. The van der Waals surface area contributed by atoms with E-state index in [1.54, 1.807) is 0 Å². The van der Waals surface area contributed by atoms with E-state index in [9.17, 15) is 9.59 Å². The molecule has 3 aliphatic rings. The maximum atomic E-state index is 12.7. The van der Waals surface area contributed by atoms with Crippen molar-refractivity contribution in [1.82, 2.24) is 10.2 Å². The lowest BCUT2D eigenvalue weighted by atomic mass is 9.78. The van der Waals surface area contributed by atoms with Crippen LogP contribution in [0.1, 0.15) is 36.8 Å². The van der Waals surface area contributed by atoms with Gasteiger partial charge in [0.05, 0.1) is 7.11 Å². The molecule has 2 amide bonds. The highest BCUT2D eigenvalue weighted by atomic mass is 16.5. The first-order chi connectivity index (χ1) is 12.0. The molecule has 0 aromatic heterocycles. The summed E-state index contributed by atoms with van der Waals surface area (Å²) in [5.41, 5.74) is 3.09. The van der Waals surface area contributed by atoms with Gasteiger partial charge in [-0.1, -0.05) is 29.8 Å². The summed E-state index contributed by atoms with van der Waals surface area (Å²) in [6, 6.07) is 8.94. The predicted octanol–water partition coefficient (Wildman–Crippen LogP) is 2.62. The number of hydrogen-bond donors (Lipinski definition) is 1. The van der Waals surface area contributed by atoms with E-state index in [4.69, 9.17) is 0 Å². The molecule has 1 heterocycles. The summed E-state index contributed by atoms with van der Waals surface area (Å²) in [5, 5.41) is 2.77. The molecule has 1 aromatic carbocycles. The molecule has 0 radical (unpaired) electrons. The number of piperidine rings is 1. The largest absolute Gasteiger partial charge is 0.453 e. The molecule has 5 nitrogen and oxygen atoms in total. The van der Waals surface area contributed by atoms with Gasteiger partial charge in [0, 0.05) is 30.5 Å². The number of likely N-dealkylation sites (tertiary alicyclic amines) is 1. The maximum absolute atomic E-state index is 12.7. The number of amides is 2. The SMILES string of the molecule is COC(=O)NC1CC(C(=O)N2CCC3(c4cccc(C)c4)CC3C2)C1. The van der Waals surface area contributed by atoms with Gasteiger partial charge in [0.1, 0.15) is 0 Å². The lowest BCUT2D eigenvalue weighted by Crippen LogP contribution is -2.52. The highest BCUT2D eigenvalue weighted by molar-refractivity contribution is 5.80. The summed E-state index contributed by atoms with van der Waals surface area (Å²) in [7, 11) is 1.36. The van der Waals surface area contributed by atoms with Crippen molar-refractivity contribution >= 4 is 12.0 Å². The lowest BCUT2D eigenvalue weighted by molar-refractivity contribution is -0.140. The summed E-state index contributed by atoms with van der Waals surface area (Å²) < 4.78 is 4.60. The number of rotatable bonds is 3. The third-order valence-electron chi connectivity index (χ3n) is 6.40.